The van der Waals surface area contributed by atoms with Crippen LogP contribution in [-0.2, 0) is 11.2 Å². The molecule has 2 N–H and O–H groups in total. The van der Waals surface area contributed by atoms with E-state index in [1.54, 1.807) is 66.9 Å². The number of anilines is 2. The van der Waals surface area contributed by atoms with Gasteiger partial charge in [-0.1, -0.05) is 12.1 Å². The number of aryl methyl sites for hydroxylation is 1. The zero-order valence-electron chi connectivity index (χ0n) is 18.4. The highest BCUT2D eigenvalue weighted by Gasteiger charge is 2.13. The van der Waals surface area contributed by atoms with Crippen LogP contribution >= 0.6 is 0 Å². The summed E-state index contributed by atoms with van der Waals surface area (Å²) >= 11 is 0. The Morgan fingerprint density at radius 3 is 2.65 bits per heavy atom. The Kier molecular flexibility index (Phi) is 6.98. The van der Waals surface area contributed by atoms with Gasteiger partial charge in [-0.15, -0.1) is 0 Å². The van der Waals surface area contributed by atoms with Gasteiger partial charge in [0.2, 0.25) is 5.91 Å². The van der Waals surface area contributed by atoms with Gasteiger partial charge in [-0.05, 0) is 48.5 Å². The van der Waals surface area contributed by atoms with Crippen molar-refractivity contribution in [3.8, 4) is 17.1 Å². The Morgan fingerprint density at radius 2 is 1.88 bits per heavy atom. The van der Waals surface area contributed by atoms with Crippen LogP contribution in [0.1, 0.15) is 22.5 Å². The number of halogens is 1. The predicted octanol–water partition coefficient (Wildman–Crippen LogP) is 5.31. The quantitative estimate of drug-likeness (QED) is 0.372. The Morgan fingerprint density at radius 1 is 1.03 bits per heavy atom. The smallest absolute Gasteiger partial charge is 0.257 e. The van der Waals surface area contributed by atoms with Crippen molar-refractivity contribution in [2.45, 2.75) is 12.8 Å². The molecule has 0 bridgehead atoms. The number of nitrogens with zero attached hydrogens (tertiary/aromatic N) is 1. The van der Waals surface area contributed by atoms with Gasteiger partial charge >= 0.3 is 0 Å². The van der Waals surface area contributed by atoms with Gasteiger partial charge in [0.1, 0.15) is 23.1 Å². The van der Waals surface area contributed by atoms with Gasteiger partial charge in [0.15, 0.2) is 0 Å². The lowest BCUT2D eigenvalue weighted by Crippen LogP contribution is -2.14. The molecule has 0 fully saturated rings. The number of carbonyl (C=O) groups excluding carboxylic acids is 2. The Bertz CT molecular complexity index is 1300. The van der Waals surface area contributed by atoms with Crippen molar-refractivity contribution in [3.63, 3.8) is 0 Å². The van der Waals surface area contributed by atoms with E-state index in [4.69, 9.17) is 9.15 Å². The summed E-state index contributed by atoms with van der Waals surface area (Å²) in [5.41, 5.74) is 1.78. The molecule has 0 aliphatic rings. The van der Waals surface area contributed by atoms with E-state index in [1.807, 2.05) is 0 Å². The number of hydrogen-bond acceptors (Lipinski definition) is 5. The van der Waals surface area contributed by atoms with Crippen LogP contribution in [0.15, 0.2) is 83.5 Å². The van der Waals surface area contributed by atoms with E-state index in [9.17, 15) is 14.0 Å². The maximum absolute atomic E-state index is 13.9. The van der Waals surface area contributed by atoms with Crippen molar-refractivity contribution in [3.05, 3.63) is 96.3 Å². The maximum atomic E-state index is 13.9. The fourth-order valence-electron chi connectivity index (χ4n) is 3.34. The Labute approximate surface area is 195 Å². The number of pyridine rings is 1. The number of ether oxygens (including phenoxy) is 1. The number of nitrogens with one attached hydrogen (secondary N) is 2. The largest absolute Gasteiger partial charge is 0.494 e. The molecule has 0 unspecified atom stereocenters. The van der Waals surface area contributed by atoms with Gasteiger partial charge in [0, 0.05) is 37.0 Å². The SMILES string of the molecule is COc1cc(NC(=O)CCc2ccc(-c3ccccc3F)o2)ccc1NC(=O)c1cccnc1. The van der Waals surface area contributed by atoms with Crippen LogP contribution in [0.25, 0.3) is 11.3 Å². The molecular formula is C26H22FN3O4. The molecule has 2 aromatic carbocycles. The minimum atomic E-state index is -0.366. The normalized spacial score (nSPS) is 10.5. The van der Waals surface area contributed by atoms with Crippen molar-refractivity contribution >= 4 is 23.2 Å². The van der Waals surface area contributed by atoms with E-state index in [-0.39, 0.29) is 24.1 Å². The number of furan rings is 1. The highest BCUT2D eigenvalue weighted by molar-refractivity contribution is 6.05. The van der Waals surface area contributed by atoms with Crippen LogP contribution < -0.4 is 15.4 Å². The van der Waals surface area contributed by atoms with Crippen molar-refractivity contribution < 1.29 is 23.1 Å². The molecule has 0 saturated carbocycles. The van der Waals surface area contributed by atoms with E-state index in [1.165, 1.54) is 19.4 Å². The molecule has 0 aliphatic carbocycles. The third kappa shape index (κ3) is 5.47. The van der Waals surface area contributed by atoms with E-state index in [2.05, 4.69) is 15.6 Å². The van der Waals surface area contributed by atoms with Crippen LogP contribution in [0.5, 0.6) is 5.75 Å². The molecule has 0 saturated heterocycles. The number of amides is 2. The van der Waals surface area contributed by atoms with Gasteiger partial charge in [0.25, 0.3) is 5.91 Å². The summed E-state index contributed by atoms with van der Waals surface area (Å²) in [5, 5.41) is 5.57. The van der Waals surface area contributed by atoms with Gasteiger partial charge in [0.05, 0.1) is 23.9 Å². The van der Waals surface area contributed by atoms with Crippen LogP contribution in [0.2, 0.25) is 0 Å². The summed E-state index contributed by atoms with van der Waals surface area (Å²) in [4.78, 5) is 28.7. The lowest BCUT2D eigenvalue weighted by Gasteiger charge is -2.12. The summed E-state index contributed by atoms with van der Waals surface area (Å²) in [5.74, 6) is 0.488. The van der Waals surface area contributed by atoms with Crippen molar-refractivity contribution in [1.29, 1.82) is 0 Å². The number of carbonyl (C=O) groups is 2. The minimum absolute atomic E-state index is 0.173. The number of aromatic nitrogens is 1. The lowest BCUT2D eigenvalue weighted by atomic mass is 10.1. The van der Waals surface area contributed by atoms with E-state index < -0.39 is 0 Å². The molecule has 0 aliphatic heterocycles. The third-order valence-corrected chi connectivity index (χ3v) is 5.06. The average molecular weight is 459 g/mol. The number of methoxy groups -OCH3 is 1. The fourth-order valence-corrected chi connectivity index (χ4v) is 3.34. The van der Waals surface area contributed by atoms with Crippen LogP contribution in [0.3, 0.4) is 0 Å². The molecule has 4 rings (SSSR count). The molecule has 172 valence electrons. The predicted molar refractivity (Wildman–Crippen MR) is 126 cm³/mol. The first-order chi connectivity index (χ1) is 16.5. The number of rotatable bonds is 8. The van der Waals surface area contributed by atoms with E-state index in [0.29, 0.717) is 46.2 Å². The zero-order valence-corrected chi connectivity index (χ0v) is 18.4. The van der Waals surface area contributed by atoms with E-state index >= 15 is 0 Å². The highest BCUT2D eigenvalue weighted by Crippen LogP contribution is 2.29. The second-order valence-electron chi connectivity index (χ2n) is 7.40. The summed E-state index contributed by atoms with van der Waals surface area (Å²) in [7, 11) is 1.48. The first-order valence-corrected chi connectivity index (χ1v) is 10.6. The Balaban J connectivity index is 1.35. The molecule has 34 heavy (non-hydrogen) atoms. The van der Waals surface area contributed by atoms with Crippen LogP contribution in [0, 0.1) is 5.82 Å². The summed E-state index contributed by atoms with van der Waals surface area (Å²) in [6.45, 7) is 0. The first-order valence-electron chi connectivity index (χ1n) is 10.6. The van der Waals surface area contributed by atoms with Crippen LogP contribution in [-0.4, -0.2) is 23.9 Å². The summed E-state index contributed by atoms with van der Waals surface area (Å²) in [6, 6.07) is 18.1. The monoisotopic (exact) mass is 459 g/mol. The lowest BCUT2D eigenvalue weighted by molar-refractivity contribution is -0.116. The van der Waals surface area contributed by atoms with Crippen molar-refractivity contribution in [2.75, 3.05) is 17.7 Å². The second kappa shape index (κ2) is 10.4. The molecule has 2 aromatic heterocycles. The summed E-state index contributed by atoms with van der Waals surface area (Å²) < 4.78 is 25.0. The molecule has 0 radical (unpaired) electrons. The van der Waals surface area contributed by atoms with Gasteiger partial charge in [-0.2, -0.15) is 0 Å². The number of hydrogen-bond donors (Lipinski definition) is 2. The van der Waals surface area contributed by atoms with Gasteiger partial charge in [-0.3, -0.25) is 14.6 Å². The number of benzene rings is 2. The Hall–Kier alpha value is -4.46. The topological polar surface area (TPSA) is 93.5 Å². The third-order valence-electron chi connectivity index (χ3n) is 5.06. The second-order valence-corrected chi connectivity index (χ2v) is 7.40. The van der Waals surface area contributed by atoms with Gasteiger partial charge in [-0.25, -0.2) is 4.39 Å². The van der Waals surface area contributed by atoms with Gasteiger partial charge < -0.3 is 19.8 Å². The molecule has 8 heteroatoms. The minimum Gasteiger partial charge on any atom is -0.494 e. The average Bonchev–Trinajstić information content (AvgIpc) is 3.33. The maximum Gasteiger partial charge on any atom is 0.257 e. The zero-order chi connectivity index (χ0) is 23.9. The molecule has 7 nitrogen and oxygen atoms in total. The molecule has 0 atom stereocenters. The molecular weight excluding hydrogens is 437 g/mol. The standard InChI is InChI=1S/C26H22FN3O4/c1-33-24-15-18(8-11-22(24)30-26(32)17-5-4-14-28-16-17)29-25(31)13-10-19-9-12-23(34-19)20-6-2-3-7-21(20)27/h2-9,11-12,14-16H,10,13H2,1H3,(H,29,31)(H,30,32). The fraction of sp³-hybridized carbons (Fsp3) is 0.115. The highest BCUT2D eigenvalue weighted by atomic mass is 19.1. The summed E-state index contributed by atoms with van der Waals surface area (Å²) in [6.07, 6.45) is 3.58. The molecule has 2 heterocycles. The first kappa shape index (κ1) is 22.7. The molecule has 2 amide bonds. The van der Waals surface area contributed by atoms with E-state index in [0.717, 1.165) is 0 Å². The molecule has 0 spiro atoms. The molecule has 4 aromatic rings. The van der Waals surface area contributed by atoms with Crippen molar-refractivity contribution in [1.82, 2.24) is 4.98 Å². The van der Waals surface area contributed by atoms with Crippen LogP contribution in [0.4, 0.5) is 15.8 Å². The van der Waals surface area contributed by atoms with Crippen molar-refractivity contribution in [2.24, 2.45) is 0 Å².